The van der Waals surface area contributed by atoms with Gasteiger partial charge in [0, 0.05) is 12.5 Å². The van der Waals surface area contributed by atoms with Crippen molar-refractivity contribution in [3.05, 3.63) is 0 Å². The van der Waals surface area contributed by atoms with Crippen LogP contribution in [0.2, 0.25) is 0 Å². The van der Waals surface area contributed by atoms with E-state index in [1.165, 1.54) is 32.1 Å². The predicted molar refractivity (Wildman–Crippen MR) is 80.8 cm³/mol. The first-order valence-electron chi connectivity index (χ1n) is 8.02. The van der Waals surface area contributed by atoms with Crippen LogP contribution in [0.15, 0.2) is 0 Å². The van der Waals surface area contributed by atoms with Gasteiger partial charge in [0.25, 0.3) is 0 Å². The van der Waals surface area contributed by atoms with Crippen LogP contribution in [-0.4, -0.2) is 18.5 Å². The molecule has 0 aromatic rings. The Bertz CT molecular complexity index is 259. The van der Waals surface area contributed by atoms with Gasteiger partial charge >= 0.3 is 0 Å². The van der Waals surface area contributed by atoms with Crippen molar-refractivity contribution in [2.45, 2.75) is 71.8 Å². The minimum absolute atomic E-state index is 0.189. The highest BCUT2D eigenvalue weighted by Gasteiger charge is 2.22. The first kappa shape index (κ1) is 16.5. The first-order chi connectivity index (χ1) is 9.02. The van der Waals surface area contributed by atoms with Crippen LogP contribution in [-0.2, 0) is 4.79 Å². The molecule has 112 valence electrons. The lowest BCUT2D eigenvalue weighted by molar-refractivity contribution is -0.123. The second-order valence-corrected chi connectivity index (χ2v) is 6.69. The summed E-state index contributed by atoms with van der Waals surface area (Å²) in [4.78, 5) is 12.1. The fourth-order valence-corrected chi connectivity index (χ4v) is 3.26. The van der Waals surface area contributed by atoms with E-state index < -0.39 is 0 Å². The van der Waals surface area contributed by atoms with Crippen LogP contribution >= 0.6 is 0 Å². The fraction of sp³-hybridized carbons (Fsp3) is 0.938. The van der Waals surface area contributed by atoms with Crippen LogP contribution in [0.4, 0.5) is 0 Å². The minimum Gasteiger partial charge on any atom is -0.353 e. The zero-order valence-electron chi connectivity index (χ0n) is 13.0. The van der Waals surface area contributed by atoms with Crippen LogP contribution in [0.5, 0.6) is 0 Å². The summed E-state index contributed by atoms with van der Waals surface area (Å²) in [5, 5.41) is 3.19. The number of nitrogens with one attached hydrogen (secondary N) is 1. The Morgan fingerprint density at radius 3 is 2.37 bits per heavy atom. The molecular weight excluding hydrogens is 236 g/mol. The van der Waals surface area contributed by atoms with Crippen molar-refractivity contribution in [3.8, 4) is 0 Å². The lowest BCUT2D eigenvalue weighted by atomic mass is 9.84. The number of rotatable bonds is 7. The molecule has 19 heavy (non-hydrogen) atoms. The van der Waals surface area contributed by atoms with E-state index in [-0.39, 0.29) is 5.91 Å². The third-order valence-electron chi connectivity index (χ3n) is 4.36. The highest BCUT2D eigenvalue weighted by atomic mass is 16.1. The summed E-state index contributed by atoms with van der Waals surface area (Å²) >= 11 is 0. The molecule has 1 aliphatic carbocycles. The number of amides is 1. The van der Waals surface area contributed by atoms with Gasteiger partial charge in [-0.1, -0.05) is 33.1 Å². The quantitative estimate of drug-likeness (QED) is 0.745. The van der Waals surface area contributed by atoms with Crippen molar-refractivity contribution in [2.75, 3.05) is 6.54 Å². The Hall–Kier alpha value is -0.570. The van der Waals surface area contributed by atoms with Crippen LogP contribution in [0.25, 0.3) is 0 Å². The smallest absolute Gasteiger partial charge is 0.220 e. The molecule has 3 nitrogen and oxygen atoms in total. The average molecular weight is 268 g/mol. The van der Waals surface area contributed by atoms with E-state index in [4.69, 9.17) is 5.73 Å². The maximum Gasteiger partial charge on any atom is 0.220 e. The molecule has 0 heterocycles. The highest BCUT2D eigenvalue weighted by Crippen LogP contribution is 2.26. The molecule has 0 radical (unpaired) electrons. The Labute approximate surface area is 118 Å². The zero-order chi connectivity index (χ0) is 14.3. The largest absolute Gasteiger partial charge is 0.353 e. The van der Waals surface area contributed by atoms with E-state index in [1.807, 2.05) is 0 Å². The van der Waals surface area contributed by atoms with E-state index in [0.717, 1.165) is 6.42 Å². The lowest BCUT2D eigenvalue weighted by Crippen LogP contribution is -2.40. The third-order valence-corrected chi connectivity index (χ3v) is 4.36. The van der Waals surface area contributed by atoms with E-state index in [1.54, 1.807) is 0 Å². The SMILES string of the molecule is CC(C)C[C@H](CN)CC(=O)N[C@H](C)C1CCCCC1. The normalized spacial score (nSPS) is 20.3. The molecule has 2 atom stereocenters. The predicted octanol–water partition coefficient (Wildman–Crippen LogP) is 3.08. The van der Waals surface area contributed by atoms with Crippen molar-refractivity contribution in [1.29, 1.82) is 0 Å². The van der Waals surface area contributed by atoms with E-state index >= 15 is 0 Å². The molecule has 0 saturated heterocycles. The van der Waals surface area contributed by atoms with Crippen molar-refractivity contribution in [1.82, 2.24) is 5.32 Å². The maximum absolute atomic E-state index is 12.1. The van der Waals surface area contributed by atoms with Gasteiger partial charge in [0.2, 0.25) is 5.91 Å². The number of nitrogens with two attached hydrogens (primary N) is 1. The molecule has 0 bridgehead atoms. The monoisotopic (exact) mass is 268 g/mol. The summed E-state index contributed by atoms with van der Waals surface area (Å²) in [7, 11) is 0. The second kappa shape index (κ2) is 8.57. The number of carbonyl (C=O) groups excluding carboxylic acids is 1. The minimum atomic E-state index is 0.189. The topological polar surface area (TPSA) is 55.1 Å². The molecule has 1 saturated carbocycles. The third kappa shape index (κ3) is 6.42. The summed E-state index contributed by atoms with van der Waals surface area (Å²) in [5.41, 5.74) is 5.76. The molecule has 0 aromatic heterocycles. The van der Waals surface area contributed by atoms with Crippen molar-refractivity contribution in [3.63, 3.8) is 0 Å². The second-order valence-electron chi connectivity index (χ2n) is 6.69. The van der Waals surface area contributed by atoms with Crippen molar-refractivity contribution in [2.24, 2.45) is 23.5 Å². The molecule has 1 fully saturated rings. The van der Waals surface area contributed by atoms with Crippen LogP contribution < -0.4 is 11.1 Å². The molecule has 0 spiro atoms. The molecular formula is C16H32N2O. The molecule has 0 aliphatic heterocycles. The highest BCUT2D eigenvalue weighted by molar-refractivity contribution is 5.76. The van der Waals surface area contributed by atoms with Crippen molar-refractivity contribution >= 4 is 5.91 Å². The Morgan fingerprint density at radius 1 is 1.21 bits per heavy atom. The van der Waals surface area contributed by atoms with Crippen molar-refractivity contribution < 1.29 is 4.79 Å². The fourth-order valence-electron chi connectivity index (χ4n) is 3.26. The van der Waals surface area contributed by atoms with Gasteiger partial charge < -0.3 is 11.1 Å². The molecule has 1 amide bonds. The molecule has 1 rings (SSSR count). The standard InChI is InChI=1S/C16H32N2O/c1-12(2)9-14(11-17)10-16(19)18-13(3)15-7-5-4-6-8-15/h12-15H,4-11,17H2,1-3H3,(H,18,19)/t13-,14+/m1/s1. The summed E-state index contributed by atoms with van der Waals surface area (Å²) in [6.07, 6.45) is 8.18. The average Bonchev–Trinajstić information content (AvgIpc) is 2.38. The Kier molecular flexibility index (Phi) is 7.44. The van der Waals surface area contributed by atoms with Gasteiger partial charge in [-0.25, -0.2) is 0 Å². The molecule has 0 aromatic carbocycles. The van der Waals surface area contributed by atoms with Gasteiger partial charge in [0.15, 0.2) is 0 Å². The molecule has 0 unspecified atom stereocenters. The number of hydrogen-bond donors (Lipinski definition) is 2. The van der Waals surface area contributed by atoms with Gasteiger partial charge in [-0.2, -0.15) is 0 Å². The summed E-state index contributed by atoms with van der Waals surface area (Å²) in [6, 6.07) is 0.324. The van der Waals surface area contributed by atoms with E-state index in [0.29, 0.717) is 36.8 Å². The van der Waals surface area contributed by atoms with Crippen LogP contribution in [0, 0.1) is 17.8 Å². The summed E-state index contributed by atoms with van der Waals surface area (Å²) < 4.78 is 0. The number of hydrogen-bond acceptors (Lipinski definition) is 2. The lowest BCUT2D eigenvalue weighted by Gasteiger charge is -2.28. The maximum atomic E-state index is 12.1. The van der Waals surface area contributed by atoms with Crippen LogP contribution in [0.3, 0.4) is 0 Å². The van der Waals surface area contributed by atoms with Gasteiger partial charge in [-0.05, 0) is 50.5 Å². The molecule has 3 N–H and O–H groups in total. The van der Waals surface area contributed by atoms with Crippen LogP contribution in [0.1, 0.15) is 65.7 Å². The number of carbonyl (C=O) groups is 1. The van der Waals surface area contributed by atoms with Gasteiger partial charge in [-0.15, -0.1) is 0 Å². The Balaban J connectivity index is 2.32. The van der Waals surface area contributed by atoms with Gasteiger partial charge in [0.05, 0.1) is 0 Å². The summed E-state index contributed by atoms with van der Waals surface area (Å²) in [5.74, 6) is 1.81. The summed E-state index contributed by atoms with van der Waals surface area (Å²) in [6.45, 7) is 7.15. The van der Waals surface area contributed by atoms with E-state index in [2.05, 4.69) is 26.1 Å². The van der Waals surface area contributed by atoms with Gasteiger partial charge in [-0.3, -0.25) is 4.79 Å². The Morgan fingerprint density at radius 2 is 1.84 bits per heavy atom. The molecule has 1 aliphatic rings. The first-order valence-corrected chi connectivity index (χ1v) is 8.02. The molecule has 3 heteroatoms. The van der Waals surface area contributed by atoms with E-state index in [9.17, 15) is 4.79 Å². The van der Waals surface area contributed by atoms with Gasteiger partial charge in [0.1, 0.15) is 0 Å². The zero-order valence-corrected chi connectivity index (χ0v) is 13.0.